The van der Waals surface area contributed by atoms with Crippen LogP contribution in [0.1, 0.15) is 37.2 Å². The van der Waals surface area contributed by atoms with Crippen molar-refractivity contribution in [2.45, 2.75) is 31.6 Å². The summed E-state index contributed by atoms with van der Waals surface area (Å²) in [6, 6.07) is 8.52. The van der Waals surface area contributed by atoms with Gasteiger partial charge in [0.05, 0.1) is 6.61 Å². The zero-order chi connectivity index (χ0) is 11.7. The van der Waals surface area contributed by atoms with Gasteiger partial charge in [0, 0.05) is 0 Å². The molecule has 1 heterocycles. The predicted octanol–water partition coefficient (Wildman–Crippen LogP) is 2.93. The summed E-state index contributed by atoms with van der Waals surface area (Å²) in [6.45, 7) is 1.75. The minimum Gasteiger partial charge on any atom is -0.493 e. The maximum Gasteiger partial charge on any atom is 0.122 e. The Morgan fingerprint density at radius 1 is 1.12 bits per heavy atom. The molecule has 1 aromatic rings. The monoisotopic (exact) mass is 231 g/mol. The van der Waals surface area contributed by atoms with Crippen molar-refractivity contribution in [2.24, 2.45) is 17.6 Å². The minimum absolute atomic E-state index is 0.694. The van der Waals surface area contributed by atoms with E-state index < -0.39 is 0 Å². The first-order chi connectivity index (χ1) is 8.38. The quantitative estimate of drug-likeness (QED) is 0.868. The van der Waals surface area contributed by atoms with E-state index in [-0.39, 0.29) is 0 Å². The van der Waals surface area contributed by atoms with E-state index in [0.29, 0.717) is 5.92 Å². The molecule has 17 heavy (non-hydrogen) atoms. The van der Waals surface area contributed by atoms with Crippen molar-refractivity contribution < 1.29 is 4.74 Å². The molecule has 0 amide bonds. The molecule has 3 rings (SSSR count). The van der Waals surface area contributed by atoms with Gasteiger partial charge in [-0.3, -0.25) is 0 Å². The first kappa shape index (κ1) is 11.1. The average Bonchev–Trinajstić information content (AvgIpc) is 2.35. The van der Waals surface area contributed by atoms with Crippen molar-refractivity contribution in [1.82, 2.24) is 0 Å². The molecule has 0 spiro atoms. The van der Waals surface area contributed by atoms with Crippen LogP contribution in [-0.2, 0) is 0 Å². The van der Waals surface area contributed by atoms with Crippen LogP contribution in [0.15, 0.2) is 24.3 Å². The topological polar surface area (TPSA) is 35.2 Å². The van der Waals surface area contributed by atoms with E-state index >= 15 is 0 Å². The molecular weight excluding hydrogens is 210 g/mol. The van der Waals surface area contributed by atoms with Crippen molar-refractivity contribution in [2.75, 3.05) is 13.2 Å². The zero-order valence-electron chi connectivity index (χ0n) is 10.3. The van der Waals surface area contributed by atoms with Gasteiger partial charge in [-0.25, -0.2) is 0 Å². The van der Waals surface area contributed by atoms with Gasteiger partial charge in [0.2, 0.25) is 0 Å². The normalized spacial score (nSPS) is 31.2. The number of hydrogen-bond donors (Lipinski definition) is 1. The highest BCUT2D eigenvalue weighted by Crippen LogP contribution is 2.44. The molecule has 3 unspecified atom stereocenters. The summed E-state index contributed by atoms with van der Waals surface area (Å²) in [5, 5.41) is 0. The van der Waals surface area contributed by atoms with Gasteiger partial charge in [-0.05, 0) is 61.6 Å². The van der Waals surface area contributed by atoms with Gasteiger partial charge in [-0.2, -0.15) is 0 Å². The maximum absolute atomic E-state index is 5.80. The second-order valence-corrected chi connectivity index (χ2v) is 5.44. The Morgan fingerprint density at radius 3 is 2.71 bits per heavy atom. The number of hydrogen-bond acceptors (Lipinski definition) is 2. The van der Waals surface area contributed by atoms with Crippen molar-refractivity contribution >= 4 is 0 Å². The van der Waals surface area contributed by atoms with Crippen molar-refractivity contribution in [3.8, 4) is 5.75 Å². The van der Waals surface area contributed by atoms with Gasteiger partial charge < -0.3 is 10.5 Å². The van der Waals surface area contributed by atoms with Crippen LogP contribution >= 0.6 is 0 Å². The lowest BCUT2D eigenvalue weighted by atomic mass is 9.68. The number of ether oxygens (including phenoxy) is 1. The molecule has 2 nitrogen and oxygen atoms in total. The number of fused-ring (bicyclic) bond motifs is 1. The van der Waals surface area contributed by atoms with Crippen LogP contribution in [0, 0.1) is 11.8 Å². The summed E-state index contributed by atoms with van der Waals surface area (Å²) < 4.78 is 5.72. The van der Waals surface area contributed by atoms with Crippen LogP contribution < -0.4 is 10.5 Å². The highest BCUT2D eigenvalue weighted by atomic mass is 16.5. The number of nitrogens with two attached hydrogens (primary N) is 1. The molecule has 2 heteroatoms. The molecule has 1 aliphatic heterocycles. The Kier molecular flexibility index (Phi) is 3.06. The molecule has 0 aromatic heterocycles. The molecule has 0 saturated heterocycles. The van der Waals surface area contributed by atoms with Gasteiger partial charge in [-0.1, -0.05) is 18.2 Å². The second-order valence-electron chi connectivity index (χ2n) is 5.44. The van der Waals surface area contributed by atoms with Gasteiger partial charge in [0.15, 0.2) is 0 Å². The van der Waals surface area contributed by atoms with Gasteiger partial charge in [0.1, 0.15) is 5.75 Å². The standard InChI is InChI=1S/C15H21NO/c16-10-13-6-5-11(13)9-12-7-8-17-15-4-2-1-3-14(12)15/h1-4,11-13H,5-10,16H2. The first-order valence-corrected chi connectivity index (χ1v) is 6.80. The summed E-state index contributed by atoms with van der Waals surface area (Å²) in [6.07, 6.45) is 5.19. The Morgan fingerprint density at radius 2 is 1.94 bits per heavy atom. The third kappa shape index (κ3) is 2.06. The van der Waals surface area contributed by atoms with Crippen LogP contribution in [0.4, 0.5) is 0 Å². The van der Waals surface area contributed by atoms with Gasteiger partial charge in [-0.15, -0.1) is 0 Å². The van der Waals surface area contributed by atoms with E-state index in [9.17, 15) is 0 Å². The van der Waals surface area contributed by atoms with E-state index in [1.54, 1.807) is 0 Å². The molecule has 1 aliphatic carbocycles. The molecule has 1 fully saturated rings. The highest BCUT2D eigenvalue weighted by Gasteiger charge is 2.33. The number of benzene rings is 1. The Balaban J connectivity index is 1.72. The Bertz CT molecular complexity index is 388. The van der Waals surface area contributed by atoms with Crippen molar-refractivity contribution in [1.29, 1.82) is 0 Å². The van der Waals surface area contributed by atoms with Crippen molar-refractivity contribution in [3.63, 3.8) is 0 Å². The van der Waals surface area contributed by atoms with Crippen molar-refractivity contribution in [3.05, 3.63) is 29.8 Å². The summed E-state index contributed by atoms with van der Waals surface area (Å²) in [5.41, 5.74) is 7.22. The predicted molar refractivity (Wildman–Crippen MR) is 69.2 cm³/mol. The zero-order valence-corrected chi connectivity index (χ0v) is 10.3. The van der Waals surface area contributed by atoms with E-state index in [1.807, 2.05) is 0 Å². The lowest BCUT2D eigenvalue weighted by Crippen LogP contribution is -2.34. The fourth-order valence-electron chi connectivity index (χ4n) is 3.28. The smallest absolute Gasteiger partial charge is 0.122 e. The second kappa shape index (κ2) is 4.69. The van der Waals surface area contributed by atoms with E-state index in [4.69, 9.17) is 10.5 Å². The van der Waals surface area contributed by atoms with Crippen LogP contribution in [0.2, 0.25) is 0 Å². The molecule has 0 bridgehead atoms. The molecule has 92 valence electrons. The largest absolute Gasteiger partial charge is 0.493 e. The van der Waals surface area contributed by atoms with Gasteiger partial charge >= 0.3 is 0 Å². The molecule has 3 atom stereocenters. The van der Waals surface area contributed by atoms with Crippen LogP contribution in [0.5, 0.6) is 5.75 Å². The SMILES string of the molecule is NCC1CCC1CC1CCOc2ccccc21. The van der Waals surface area contributed by atoms with Crippen LogP contribution in [0.3, 0.4) is 0 Å². The lowest BCUT2D eigenvalue weighted by Gasteiger charge is -2.39. The molecule has 1 saturated carbocycles. The number of para-hydroxylation sites is 1. The van der Waals surface area contributed by atoms with Crippen LogP contribution in [0.25, 0.3) is 0 Å². The molecule has 2 aliphatic rings. The molecule has 2 N–H and O–H groups in total. The van der Waals surface area contributed by atoms with E-state index in [2.05, 4.69) is 24.3 Å². The third-order valence-corrected chi connectivity index (χ3v) is 4.55. The van der Waals surface area contributed by atoms with E-state index in [1.165, 1.54) is 31.2 Å². The third-order valence-electron chi connectivity index (χ3n) is 4.55. The summed E-state index contributed by atoms with van der Waals surface area (Å²) >= 11 is 0. The summed E-state index contributed by atoms with van der Waals surface area (Å²) in [5.74, 6) is 3.44. The first-order valence-electron chi connectivity index (χ1n) is 6.80. The van der Waals surface area contributed by atoms with E-state index in [0.717, 1.165) is 30.7 Å². The Hall–Kier alpha value is -1.02. The van der Waals surface area contributed by atoms with Crippen LogP contribution in [-0.4, -0.2) is 13.2 Å². The minimum atomic E-state index is 0.694. The lowest BCUT2D eigenvalue weighted by molar-refractivity contribution is 0.147. The number of rotatable bonds is 3. The molecular formula is C15H21NO. The molecule has 1 aromatic carbocycles. The fourth-order valence-corrected chi connectivity index (χ4v) is 3.28. The summed E-state index contributed by atoms with van der Waals surface area (Å²) in [4.78, 5) is 0. The average molecular weight is 231 g/mol. The Labute approximate surface area is 103 Å². The fraction of sp³-hybridized carbons (Fsp3) is 0.600. The highest BCUT2D eigenvalue weighted by molar-refractivity contribution is 5.37. The summed E-state index contributed by atoms with van der Waals surface area (Å²) in [7, 11) is 0. The maximum atomic E-state index is 5.80. The van der Waals surface area contributed by atoms with Gasteiger partial charge in [0.25, 0.3) is 0 Å². The molecule has 0 radical (unpaired) electrons.